The summed E-state index contributed by atoms with van der Waals surface area (Å²) in [4.78, 5) is 42.7. The topological polar surface area (TPSA) is 142 Å². The van der Waals surface area contributed by atoms with Gasteiger partial charge in [-0.15, -0.1) is 0 Å². The van der Waals surface area contributed by atoms with E-state index in [0.717, 1.165) is 4.57 Å². The highest BCUT2D eigenvalue weighted by molar-refractivity contribution is 5.73. The second kappa shape index (κ2) is 5.32. The van der Waals surface area contributed by atoms with Crippen LogP contribution in [-0.2, 0) is 16.9 Å². The van der Waals surface area contributed by atoms with Crippen LogP contribution in [0.25, 0.3) is 11.2 Å². The summed E-state index contributed by atoms with van der Waals surface area (Å²) in [5.74, 6) is 0. The maximum Gasteiger partial charge on any atom is 0.330 e. The van der Waals surface area contributed by atoms with Crippen LogP contribution in [0.1, 0.15) is 12.6 Å². The molecule has 0 aliphatic heterocycles. The van der Waals surface area contributed by atoms with Crippen LogP contribution in [0.3, 0.4) is 0 Å². The highest BCUT2D eigenvalue weighted by atomic mass is 16.5. The van der Waals surface area contributed by atoms with Crippen LogP contribution >= 0.6 is 0 Å². The van der Waals surface area contributed by atoms with Gasteiger partial charge in [0.15, 0.2) is 11.2 Å². The molecule has 23 heavy (non-hydrogen) atoms. The lowest BCUT2D eigenvalue weighted by Crippen LogP contribution is -2.42. The zero-order chi connectivity index (χ0) is 16.6. The van der Waals surface area contributed by atoms with Crippen molar-refractivity contribution in [1.29, 1.82) is 0 Å². The second-order valence-corrected chi connectivity index (χ2v) is 5.30. The van der Waals surface area contributed by atoms with Gasteiger partial charge in [-0.3, -0.25) is 14.3 Å². The summed E-state index contributed by atoms with van der Waals surface area (Å²) in [6.07, 6.45) is 3.29. The first-order valence-corrected chi connectivity index (χ1v) is 6.76. The van der Waals surface area contributed by atoms with E-state index in [2.05, 4.69) is 15.1 Å². The third kappa shape index (κ3) is 2.28. The van der Waals surface area contributed by atoms with Gasteiger partial charge in [-0.1, -0.05) is 5.16 Å². The van der Waals surface area contributed by atoms with Gasteiger partial charge in [0.05, 0.1) is 12.9 Å². The number of rotatable bonds is 5. The minimum atomic E-state index is -1.14. The van der Waals surface area contributed by atoms with Gasteiger partial charge < -0.3 is 19.6 Å². The maximum atomic E-state index is 12.7. The molecular weight excluding hydrogens is 304 g/mol. The monoisotopic (exact) mass is 318 g/mol. The Hall–Kier alpha value is -3.01. The number of aromatic nitrogens is 5. The summed E-state index contributed by atoms with van der Waals surface area (Å²) in [5.41, 5.74) is 3.89. The van der Waals surface area contributed by atoms with Crippen LogP contribution in [0.5, 0.6) is 0 Å². The Morgan fingerprint density at radius 3 is 2.87 bits per heavy atom. The number of nitrogens with zero attached hydrogens (tertiary/aromatic N) is 4. The Balaban J connectivity index is 2.26. The molecule has 10 heteroatoms. The smallest absolute Gasteiger partial charge is 0.330 e. The van der Waals surface area contributed by atoms with Crippen molar-refractivity contribution in [3.63, 3.8) is 0 Å². The number of imidazole rings is 1. The first kappa shape index (κ1) is 14.9. The molecule has 3 rings (SSSR count). The zero-order valence-electron chi connectivity index (χ0n) is 12.2. The molecule has 0 radical (unpaired) electrons. The highest BCUT2D eigenvalue weighted by Gasteiger charge is 2.28. The van der Waals surface area contributed by atoms with E-state index in [-0.39, 0.29) is 24.3 Å². The van der Waals surface area contributed by atoms with Crippen molar-refractivity contribution in [3.05, 3.63) is 45.2 Å². The molecule has 0 unspecified atom stereocenters. The lowest BCUT2D eigenvalue weighted by molar-refractivity contribution is -0.114. The minimum absolute atomic E-state index is 0.0240. The van der Waals surface area contributed by atoms with E-state index in [1.165, 1.54) is 17.2 Å². The van der Waals surface area contributed by atoms with E-state index in [9.17, 15) is 14.4 Å². The van der Waals surface area contributed by atoms with Gasteiger partial charge in [0.2, 0.25) is 0 Å². The lowest BCUT2D eigenvalue weighted by atomic mass is 10.1. The van der Waals surface area contributed by atoms with E-state index in [4.69, 9.17) is 10.3 Å². The molecule has 3 aromatic heterocycles. The number of aromatic amines is 1. The molecule has 3 aromatic rings. The Morgan fingerprint density at radius 1 is 1.48 bits per heavy atom. The van der Waals surface area contributed by atoms with Crippen LogP contribution in [0, 0.1) is 0 Å². The molecule has 0 amide bonds. The van der Waals surface area contributed by atoms with Crippen molar-refractivity contribution in [2.24, 2.45) is 5.73 Å². The lowest BCUT2D eigenvalue weighted by Gasteiger charge is -2.23. The molecule has 0 aromatic carbocycles. The van der Waals surface area contributed by atoms with Crippen molar-refractivity contribution < 1.29 is 9.32 Å². The van der Waals surface area contributed by atoms with E-state index in [1.54, 1.807) is 13.0 Å². The molecule has 3 N–H and O–H groups in total. The zero-order valence-corrected chi connectivity index (χ0v) is 12.2. The number of nitrogens with one attached hydrogen (secondary N) is 1. The number of nitrogens with two attached hydrogens (primary N) is 1. The fraction of sp³-hybridized carbons (Fsp3) is 0.308. The molecule has 0 aliphatic carbocycles. The van der Waals surface area contributed by atoms with Crippen LogP contribution in [0.4, 0.5) is 0 Å². The Bertz CT molecular complexity index is 967. The normalized spacial score (nSPS) is 14.0. The quantitative estimate of drug-likeness (QED) is 0.562. The molecule has 1 atom stereocenters. The van der Waals surface area contributed by atoms with Gasteiger partial charge in [-0.2, -0.15) is 0 Å². The first-order valence-electron chi connectivity index (χ1n) is 6.76. The van der Waals surface area contributed by atoms with Crippen molar-refractivity contribution in [3.8, 4) is 0 Å². The van der Waals surface area contributed by atoms with Gasteiger partial charge in [0.25, 0.3) is 5.56 Å². The van der Waals surface area contributed by atoms with E-state index in [1.807, 2.05) is 0 Å². The SMILES string of the molecule is C[C@@](C=O)(CN)n1cnc2[nH]c(=O)n(Cc3ccon3)c(=O)c21. The van der Waals surface area contributed by atoms with Crippen molar-refractivity contribution >= 4 is 17.5 Å². The molecular formula is C13H14N6O4. The molecule has 10 nitrogen and oxygen atoms in total. The number of carbonyl (C=O) groups is 1. The molecule has 0 bridgehead atoms. The van der Waals surface area contributed by atoms with Crippen molar-refractivity contribution in [2.75, 3.05) is 6.54 Å². The molecule has 0 saturated heterocycles. The molecule has 0 aliphatic rings. The summed E-state index contributed by atoms with van der Waals surface area (Å²) < 4.78 is 7.02. The summed E-state index contributed by atoms with van der Waals surface area (Å²) in [5, 5.41) is 3.68. The molecule has 120 valence electrons. The van der Waals surface area contributed by atoms with Crippen LogP contribution in [-0.4, -0.2) is 37.1 Å². The standard InChI is InChI=1S/C13H14N6O4/c1-13(5-14,6-20)19-7-15-10-9(19)11(21)18(12(22)16-10)4-8-2-3-23-17-8/h2-3,6-7H,4-5,14H2,1H3,(H,16,22)/t13-/m0/s1. The highest BCUT2D eigenvalue weighted by Crippen LogP contribution is 2.16. The molecule has 3 heterocycles. The third-order valence-electron chi connectivity index (χ3n) is 3.71. The maximum absolute atomic E-state index is 12.7. The number of fused-ring (bicyclic) bond motifs is 1. The number of hydrogen-bond donors (Lipinski definition) is 2. The molecule has 0 fully saturated rings. The number of carbonyl (C=O) groups excluding carboxylic acids is 1. The van der Waals surface area contributed by atoms with Gasteiger partial charge in [0.1, 0.15) is 23.8 Å². The predicted octanol–water partition coefficient (Wildman–Crippen LogP) is -1.20. The predicted molar refractivity (Wildman–Crippen MR) is 79.0 cm³/mol. The van der Waals surface area contributed by atoms with Crippen molar-refractivity contribution in [2.45, 2.75) is 19.0 Å². The summed E-state index contributed by atoms with van der Waals surface area (Å²) >= 11 is 0. The average molecular weight is 318 g/mol. The van der Waals surface area contributed by atoms with E-state index < -0.39 is 16.8 Å². The minimum Gasteiger partial charge on any atom is -0.364 e. The van der Waals surface area contributed by atoms with Gasteiger partial charge >= 0.3 is 5.69 Å². The number of hydrogen-bond acceptors (Lipinski definition) is 7. The summed E-state index contributed by atoms with van der Waals surface area (Å²) in [6, 6.07) is 1.54. The third-order valence-corrected chi connectivity index (χ3v) is 3.71. The van der Waals surface area contributed by atoms with Crippen LogP contribution in [0.2, 0.25) is 0 Å². The van der Waals surface area contributed by atoms with Gasteiger partial charge in [-0.25, -0.2) is 9.78 Å². The Kier molecular flexibility index (Phi) is 3.45. The van der Waals surface area contributed by atoms with Crippen LogP contribution < -0.4 is 17.0 Å². The molecule has 0 saturated carbocycles. The van der Waals surface area contributed by atoms with E-state index >= 15 is 0 Å². The van der Waals surface area contributed by atoms with E-state index in [0.29, 0.717) is 12.0 Å². The number of aldehydes is 1. The summed E-state index contributed by atoms with van der Waals surface area (Å²) in [6.45, 7) is 1.49. The Labute approximate surface area is 128 Å². The largest absolute Gasteiger partial charge is 0.364 e. The first-order chi connectivity index (χ1) is 11.0. The van der Waals surface area contributed by atoms with Crippen LogP contribution in [0.15, 0.2) is 32.8 Å². The second-order valence-electron chi connectivity index (χ2n) is 5.30. The fourth-order valence-electron chi connectivity index (χ4n) is 2.25. The fourth-order valence-corrected chi connectivity index (χ4v) is 2.25. The average Bonchev–Trinajstić information content (AvgIpc) is 3.20. The van der Waals surface area contributed by atoms with Gasteiger partial charge in [0, 0.05) is 12.6 Å². The van der Waals surface area contributed by atoms with Crippen molar-refractivity contribution in [1.82, 2.24) is 24.3 Å². The summed E-state index contributed by atoms with van der Waals surface area (Å²) in [7, 11) is 0. The Morgan fingerprint density at radius 2 is 2.26 bits per heavy atom. The number of H-pyrrole nitrogens is 1. The van der Waals surface area contributed by atoms with Gasteiger partial charge in [-0.05, 0) is 6.92 Å². The molecule has 0 spiro atoms.